The molecule has 0 saturated carbocycles. The Hall–Kier alpha value is -0.800. The fourth-order valence-electron chi connectivity index (χ4n) is 1.33. The van der Waals surface area contributed by atoms with E-state index in [2.05, 4.69) is 20.9 Å². The summed E-state index contributed by atoms with van der Waals surface area (Å²) in [6.07, 6.45) is 1.90. The third-order valence-electron chi connectivity index (χ3n) is 1.96. The van der Waals surface area contributed by atoms with E-state index in [1.54, 1.807) is 0 Å². The van der Waals surface area contributed by atoms with Crippen molar-refractivity contribution >= 4 is 27.5 Å². The number of para-hydroxylation sites is 1. The third kappa shape index (κ3) is 1.70. The SMILES string of the molecule is Cc1nc(Br)cn1-c1ccccc1Cl. The number of aromatic nitrogens is 2. The molecule has 0 N–H and O–H groups in total. The normalized spacial score (nSPS) is 10.5. The lowest BCUT2D eigenvalue weighted by atomic mass is 10.3. The first-order valence-corrected chi connectivity index (χ1v) is 5.32. The van der Waals surface area contributed by atoms with Crippen molar-refractivity contribution < 1.29 is 0 Å². The van der Waals surface area contributed by atoms with E-state index in [-0.39, 0.29) is 0 Å². The zero-order chi connectivity index (χ0) is 10.1. The Morgan fingerprint density at radius 1 is 1.36 bits per heavy atom. The van der Waals surface area contributed by atoms with Crippen LogP contribution in [0.1, 0.15) is 5.82 Å². The molecule has 4 heteroatoms. The summed E-state index contributed by atoms with van der Waals surface area (Å²) in [5.41, 5.74) is 0.949. The lowest BCUT2D eigenvalue weighted by molar-refractivity contribution is 0.975. The van der Waals surface area contributed by atoms with Crippen molar-refractivity contribution in [1.82, 2.24) is 9.55 Å². The van der Waals surface area contributed by atoms with E-state index < -0.39 is 0 Å². The molecule has 0 unspecified atom stereocenters. The molecule has 1 heterocycles. The molecule has 1 aromatic heterocycles. The van der Waals surface area contributed by atoms with Gasteiger partial charge in [-0.05, 0) is 35.0 Å². The minimum Gasteiger partial charge on any atom is -0.301 e. The Kier molecular flexibility index (Phi) is 2.61. The maximum absolute atomic E-state index is 6.08. The standard InChI is InChI=1S/C10H8BrClN2/c1-7-13-10(11)6-14(7)9-5-3-2-4-8(9)12/h2-6H,1H3. The molecule has 0 fully saturated rings. The van der Waals surface area contributed by atoms with Crippen LogP contribution >= 0.6 is 27.5 Å². The van der Waals surface area contributed by atoms with Crippen LogP contribution in [-0.2, 0) is 0 Å². The van der Waals surface area contributed by atoms with Crippen LogP contribution < -0.4 is 0 Å². The molecule has 2 aromatic rings. The second-order valence-electron chi connectivity index (χ2n) is 2.93. The number of benzene rings is 1. The van der Waals surface area contributed by atoms with E-state index in [1.807, 2.05) is 42.0 Å². The van der Waals surface area contributed by atoms with Gasteiger partial charge in [0, 0.05) is 6.20 Å². The third-order valence-corrected chi connectivity index (χ3v) is 2.67. The topological polar surface area (TPSA) is 17.8 Å². The van der Waals surface area contributed by atoms with Crippen molar-refractivity contribution in [3.05, 3.63) is 45.9 Å². The van der Waals surface area contributed by atoms with E-state index in [4.69, 9.17) is 11.6 Å². The van der Waals surface area contributed by atoms with Gasteiger partial charge < -0.3 is 4.57 Å². The van der Waals surface area contributed by atoms with Crippen molar-refractivity contribution in [3.63, 3.8) is 0 Å². The van der Waals surface area contributed by atoms with Gasteiger partial charge in [-0.25, -0.2) is 4.98 Å². The van der Waals surface area contributed by atoms with Gasteiger partial charge in [-0.2, -0.15) is 0 Å². The van der Waals surface area contributed by atoms with Gasteiger partial charge in [0.1, 0.15) is 10.4 Å². The molecule has 0 saturated heterocycles. The number of aryl methyl sites for hydroxylation is 1. The van der Waals surface area contributed by atoms with Crippen LogP contribution in [0.15, 0.2) is 35.1 Å². The van der Waals surface area contributed by atoms with Crippen LogP contribution in [0.2, 0.25) is 5.02 Å². The Morgan fingerprint density at radius 2 is 2.07 bits per heavy atom. The molecule has 72 valence electrons. The van der Waals surface area contributed by atoms with Crippen molar-refractivity contribution in [2.24, 2.45) is 0 Å². The molecule has 0 amide bonds. The van der Waals surface area contributed by atoms with Crippen LogP contribution in [0.3, 0.4) is 0 Å². The molecule has 0 aliphatic carbocycles. The fourth-order valence-corrected chi connectivity index (χ4v) is 2.02. The van der Waals surface area contributed by atoms with Crippen LogP contribution in [0.5, 0.6) is 0 Å². The monoisotopic (exact) mass is 270 g/mol. The molecular formula is C10H8BrClN2. The molecule has 2 nitrogen and oxygen atoms in total. The summed E-state index contributed by atoms with van der Waals surface area (Å²) in [7, 11) is 0. The lowest BCUT2D eigenvalue weighted by Crippen LogP contribution is -1.95. The van der Waals surface area contributed by atoms with Gasteiger partial charge in [0.15, 0.2) is 0 Å². The number of imidazole rings is 1. The Labute approximate surface area is 95.7 Å². The van der Waals surface area contributed by atoms with Gasteiger partial charge >= 0.3 is 0 Å². The number of hydrogen-bond acceptors (Lipinski definition) is 1. The fraction of sp³-hybridized carbons (Fsp3) is 0.100. The van der Waals surface area contributed by atoms with Crippen LogP contribution in [0.4, 0.5) is 0 Å². The maximum Gasteiger partial charge on any atom is 0.124 e. The smallest absolute Gasteiger partial charge is 0.124 e. The van der Waals surface area contributed by atoms with E-state index in [0.29, 0.717) is 0 Å². The Balaban J connectivity index is 2.60. The van der Waals surface area contributed by atoms with Crippen LogP contribution in [-0.4, -0.2) is 9.55 Å². The van der Waals surface area contributed by atoms with E-state index >= 15 is 0 Å². The molecule has 1 aromatic carbocycles. The first-order valence-electron chi connectivity index (χ1n) is 4.15. The second kappa shape index (κ2) is 3.75. The van der Waals surface area contributed by atoms with Gasteiger partial charge in [0.2, 0.25) is 0 Å². The van der Waals surface area contributed by atoms with Gasteiger partial charge in [-0.3, -0.25) is 0 Å². The van der Waals surface area contributed by atoms with Crippen molar-refractivity contribution in [1.29, 1.82) is 0 Å². The highest BCUT2D eigenvalue weighted by Crippen LogP contribution is 2.22. The summed E-state index contributed by atoms with van der Waals surface area (Å²) in [6.45, 7) is 1.94. The van der Waals surface area contributed by atoms with Crippen LogP contribution in [0.25, 0.3) is 5.69 Å². The molecule has 14 heavy (non-hydrogen) atoms. The van der Waals surface area contributed by atoms with Gasteiger partial charge in [0.05, 0.1) is 10.7 Å². The number of halogens is 2. The predicted octanol–water partition coefficient (Wildman–Crippen LogP) is 3.60. The molecule has 0 spiro atoms. The minimum atomic E-state index is 0.723. The number of nitrogens with zero attached hydrogens (tertiary/aromatic N) is 2. The zero-order valence-corrected chi connectivity index (χ0v) is 9.88. The lowest BCUT2D eigenvalue weighted by Gasteiger charge is -2.05. The van der Waals surface area contributed by atoms with Gasteiger partial charge in [-0.15, -0.1) is 0 Å². The number of rotatable bonds is 1. The molecule has 0 radical (unpaired) electrons. The quantitative estimate of drug-likeness (QED) is 0.775. The molecule has 2 rings (SSSR count). The van der Waals surface area contributed by atoms with E-state index in [0.717, 1.165) is 21.1 Å². The Bertz CT molecular complexity index is 465. The summed E-state index contributed by atoms with van der Waals surface area (Å²) >= 11 is 9.41. The molecular weight excluding hydrogens is 263 g/mol. The predicted molar refractivity (Wildman–Crippen MR) is 61.0 cm³/mol. The average Bonchev–Trinajstić information content (AvgIpc) is 2.46. The average molecular weight is 272 g/mol. The first kappa shape index (κ1) is 9.74. The zero-order valence-electron chi connectivity index (χ0n) is 7.54. The highest BCUT2D eigenvalue weighted by Gasteiger charge is 2.06. The molecule has 0 aliphatic heterocycles. The summed E-state index contributed by atoms with van der Waals surface area (Å²) in [5.74, 6) is 0.907. The van der Waals surface area contributed by atoms with Crippen molar-refractivity contribution in [3.8, 4) is 5.69 Å². The first-order chi connectivity index (χ1) is 6.68. The number of hydrogen-bond donors (Lipinski definition) is 0. The Morgan fingerprint density at radius 3 is 2.64 bits per heavy atom. The van der Waals surface area contributed by atoms with Crippen LogP contribution in [0, 0.1) is 6.92 Å². The molecule has 0 aliphatic rings. The van der Waals surface area contributed by atoms with Crippen molar-refractivity contribution in [2.75, 3.05) is 0 Å². The minimum absolute atomic E-state index is 0.723. The summed E-state index contributed by atoms with van der Waals surface area (Å²) < 4.78 is 2.77. The maximum atomic E-state index is 6.08. The van der Waals surface area contributed by atoms with Gasteiger partial charge in [-0.1, -0.05) is 23.7 Å². The summed E-state index contributed by atoms with van der Waals surface area (Å²) in [5, 5.41) is 0.723. The van der Waals surface area contributed by atoms with Gasteiger partial charge in [0.25, 0.3) is 0 Å². The largest absolute Gasteiger partial charge is 0.301 e. The van der Waals surface area contributed by atoms with E-state index in [1.165, 1.54) is 0 Å². The molecule has 0 bridgehead atoms. The molecule has 0 atom stereocenters. The highest BCUT2D eigenvalue weighted by molar-refractivity contribution is 9.10. The second-order valence-corrected chi connectivity index (χ2v) is 4.15. The summed E-state index contributed by atoms with van der Waals surface area (Å²) in [4.78, 5) is 4.25. The van der Waals surface area contributed by atoms with Crippen molar-refractivity contribution in [2.45, 2.75) is 6.92 Å². The highest BCUT2D eigenvalue weighted by atomic mass is 79.9. The van der Waals surface area contributed by atoms with E-state index in [9.17, 15) is 0 Å². The summed E-state index contributed by atoms with van der Waals surface area (Å²) in [6, 6.07) is 7.69.